The zero-order chi connectivity index (χ0) is 17.8. The second-order valence-corrected chi connectivity index (χ2v) is 5.95. The van der Waals surface area contributed by atoms with Crippen LogP contribution in [0.15, 0.2) is 65.6 Å². The number of anilines is 2. The standard InChI is InChI=1S/C19H20N4O2/c1-22(2)16-10-6-9-15(11-16)21-18(24)17-12-20-19(25)23(17)13-14-7-4-3-5-8-14/h3-12H,13H2,1-2H3,(H,20,25)(H,21,24). The molecule has 0 spiro atoms. The van der Waals surface area contributed by atoms with Gasteiger partial charge in [0.25, 0.3) is 5.91 Å². The average Bonchev–Trinajstić information content (AvgIpc) is 2.97. The van der Waals surface area contributed by atoms with Crippen molar-refractivity contribution in [3.63, 3.8) is 0 Å². The third kappa shape index (κ3) is 3.80. The first kappa shape index (κ1) is 16.6. The van der Waals surface area contributed by atoms with Crippen molar-refractivity contribution in [1.29, 1.82) is 0 Å². The minimum absolute atomic E-state index is 0.295. The van der Waals surface area contributed by atoms with E-state index in [4.69, 9.17) is 0 Å². The van der Waals surface area contributed by atoms with E-state index in [1.54, 1.807) is 0 Å². The van der Waals surface area contributed by atoms with Gasteiger partial charge in [0.05, 0.1) is 6.54 Å². The number of aromatic amines is 1. The van der Waals surface area contributed by atoms with Crippen LogP contribution in [0.25, 0.3) is 0 Å². The van der Waals surface area contributed by atoms with Crippen LogP contribution in [0, 0.1) is 0 Å². The smallest absolute Gasteiger partial charge is 0.326 e. The number of carbonyl (C=O) groups excluding carboxylic acids is 1. The first-order valence-corrected chi connectivity index (χ1v) is 7.95. The van der Waals surface area contributed by atoms with E-state index >= 15 is 0 Å². The van der Waals surface area contributed by atoms with E-state index in [2.05, 4.69) is 10.3 Å². The number of imidazole rings is 1. The van der Waals surface area contributed by atoms with E-state index in [1.807, 2.05) is 73.6 Å². The minimum Gasteiger partial charge on any atom is -0.378 e. The lowest BCUT2D eigenvalue weighted by molar-refractivity contribution is 0.101. The Morgan fingerprint density at radius 2 is 1.88 bits per heavy atom. The number of H-pyrrole nitrogens is 1. The maximum absolute atomic E-state index is 12.6. The van der Waals surface area contributed by atoms with Crippen LogP contribution in [0.4, 0.5) is 11.4 Å². The number of rotatable bonds is 5. The molecule has 0 unspecified atom stereocenters. The van der Waals surface area contributed by atoms with E-state index in [0.717, 1.165) is 11.3 Å². The van der Waals surface area contributed by atoms with Crippen molar-refractivity contribution in [3.8, 4) is 0 Å². The van der Waals surface area contributed by atoms with Crippen LogP contribution in [0.2, 0.25) is 0 Å². The third-order valence-corrected chi connectivity index (χ3v) is 3.90. The molecule has 1 aromatic heterocycles. The molecule has 3 rings (SSSR count). The van der Waals surface area contributed by atoms with Crippen LogP contribution in [0.3, 0.4) is 0 Å². The van der Waals surface area contributed by atoms with E-state index in [1.165, 1.54) is 10.8 Å². The van der Waals surface area contributed by atoms with Gasteiger partial charge in [0.1, 0.15) is 5.69 Å². The molecule has 1 amide bonds. The monoisotopic (exact) mass is 336 g/mol. The molecule has 6 nitrogen and oxygen atoms in total. The Morgan fingerprint density at radius 1 is 1.12 bits per heavy atom. The molecule has 0 aliphatic rings. The summed E-state index contributed by atoms with van der Waals surface area (Å²) in [5.41, 5.74) is 2.60. The van der Waals surface area contributed by atoms with Gasteiger partial charge in [-0.25, -0.2) is 4.79 Å². The fourth-order valence-electron chi connectivity index (χ4n) is 2.56. The summed E-state index contributed by atoms with van der Waals surface area (Å²) in [5.74, 6) is -0.329. The quantitative estimate of drug-likeness (QED) is 0.752. The SMILES string of the molecule is CN(C)c1cccc(NC(=O)c2c[nH]c(=O)n2Cc2ccccc2)c1. The number of aromatic nitrogens is 2. The molecule has 128 valence electrons. The summed E-state index contributed by atoms with van der Waals surface area (Å²) in [7, 11) is 3.87. The highest BCUT2D eigenvalue weighted by molar-refractivity contribution is 6.03. The fourth-order valence-corrected chi connectivity index (χ4v) is 2.56. The lowest BCUT2D eigenvalue weighted by Crippen LogP contribution is -2.24. The van der Waals surface area contributed by atoms with Crippen LogP contribution in [0.5, 0.6) is 0 Å². The van der Waals surface area contributed by atoms with Crippen molar-refractivity contribution in [2.24, 2.45) is 0 Å². The van der Waals surface area contributed by atoms with Crippen molar-refractivity contribution in [2.75, 3.05) is 24.3 Å². The van der Waals surface area contributed by atoms with Crippen LogP contribution >= 0.6 is 0 Å². The van der Waals surface area contributed by atoms with Gasteiger partial charge in [-0.05, 0) is 23.8 Å². The molecular formula is C19H20N4O2. The molecule has 2 N–H and O–H groups in total. The summed E-state index contributed by atoms with van der Waals surface area (Å²) in [4.78, 5) is 29.2. The highest BCUT2D eigenvalue weighted by Crippen LogP contribution is 2.18. The zero-order valence-electron chi connectivity index (χ0n) is 14.2. The molecule has 25 heavy (non-hydrogen) atoms. The summed E-state index contributed by atoms with van der Waals surface area (Å²) in [6, 6.07) is 17.1. The Labute approximate surface area is 145 Å². The van der Waals surface area contributed by atoms with Crippen molar-refractivity contribution in [1.82, 2.24) is 9.55 Å². The molecule has 3 aromatic rings. The van der Waals surface area contributed by atoms with Crippen LogP contribution in [-0.4, -0.2) is 29.6 Å². The first-order chi connectivity index (χ1) is 12.0. The van der Waals surface area contributed by atoms with Gasteiger partial charge in [-0.1, -0.05) is 36.4 Å². The summed E-state index contributed by atoms with van der Waals surface area (Å²) in [5, 5.41) is 2.85. The molecular weight excluding hydrogens is 316 g/mol. The predicted molar refractivity (Wildman–Crippen MR) is 99.3 cm³/mol. The van der Waals surface area contributed by atoms with Crippen molar-refractivity contribution in [3.05, 3.63) is 82.5 Å². The minimum atomic E-state index is -0.329. The van der Waals surface area contributed by atoms with Gasteiger partial charge >= 0.3 is 5.69 Å². The van der Waals surface area contributed by atoms with Gasteiger partial charge in [0.15, 0.2) is 0 Å². The first-order valence-electron chi connectivity index (χ1n) is 7.95. The highest BCUT2D eigenvalue weighted by atomic mass is 16.2. The van der Waals surface area contributed by atoms with Crippen molar-refractivity contribution < 1.29 is 4.79 Å². The summed E-state index contributed by atoms with van der Waals surface area (Å²) in [6.45, 7) is 0.337. The van der Waals surface area contributed by atoms with Gasteiger partial charge in [-0.3, -0.25) is 9.36 Å². The number of nitrogens with one attached hydrogen (secondary N) is 2. The van der Waals surface area contributed by atoms with Crippen LogP contribution in [-0.2, 0) is 6.54 Å². The molecule has 0 saturated carbocycles. The van der Waals surface area contributed by atoms with E-state index < -0.39 is 0 Å². The fraction of sp³-hybridized carbons (Fsp3) is 0.158. The van der Waals surface area contributed by atoms with Gasteiger partial charge in [-0.15, -0.1) is 0 Å². The predicted octanol–water partition coefficient (Wildman–Crippen LogP) is 2.54. The maximum Gasteiger partial charge on any atom is 0.326 e. The topological polar surface area (TPSA) is 70.1 Å². The molecule has 1 heterocycles. The molecule has 0 aliphatic heterocycles. The Morgan fingerprint density at radius 3 is 2.60 bits per heavy atom. The second-order valence-electron chi connectivity index (χ2n) is 5.95. The third-order valence-electron chi connectivity index (χ3n) is 3.90. The summed E-state index contributed by atoms with van der Waals surface area (Å²) in [6.07, 6.45) is 1.44. The second kappa shape index (κ2) is 7.09. The molecule has 0 saturated heterocycles. The zero-order valence-corrected chi connectivity index (χ0v) is 14.2. The van der Waals surface area contributed by atoms with Gasteiger partial charge < -0.3 is 15.2 Å². The Bertz CT molecular complexity index is 926. The van der Waals surface area contributed by atoms with Crippen molar-refractivity contribution >= 4 is 17.3 Å². The molecule has 0 aliphatic carbocycles. The molecule has 2 aromatic carbocycles. The number of carbonyl (C=O) groups is 1. The maximum atomic E-state index is 12.6. The van der Waals surface area contributed by atoms with Crippen molar-refractivity contribution in [2.45, 2.75) is 6.54 Å². The largest absolute Gasteiger partial charge is 0.378 e. The molecule has 0 fully saturated rings. The summed E-state index contributed by atoms with van der Waals surface area (Å²) < 4.78 is 1.43. The molecule has 0 radical (unpaired) electrons. The Balaban J connectivity index is 1.84. The number of hydrogen-bond acceptors (Lipinski definition) is 3. The van der Waals surface area contributed by atoms with Gasteiger partial charge in [-0.2, -0.15) is 0 Å². The molecule has 0 atom stereocenters. The van der Waals surface area contributed by atoms with Crippen LogP contribution in [0.1, 0.15) is 16.1 Å². The van der Waals surface area contributed by atoms with Gasteiger partial charge in [0.2, 0.25) is 0 Å². The van der Waals surface area contributed by atoms with E-state index in [-0.39, 0.29) is 11.6 Å². The van der Waals surface area contributed by atoms with E-state index in [0.29, 0.717) is 17.9 Å². The molecule has 6 heteroatoms. The Kier molecular flexibility index (Phi) is 4.70. The number of amides is 1. The molecule has 0 bridgehead atoms. The average molecular weight is 336 g/mol. The Hall–Kier alpha value is -3.28. The number of hydrogen-bond donors (Lipinski definition) is 2. The van der Waals surface area contributed by atoms with E-state index in [9.17, 15) is 9.59 Å². The number of benzene rings is 2. The lowest BCUT2D eigenvalue weighted by atomic mass is 10.2. The van der Waals surface area contributed by atoms with Crippen LogP contribution < -0.4 is 15.9 Å². The summed E-state index contributed by atoms with van der Waals surface area (Å²) >= 11 is 0. The normalized spacial score (nSPS) is 10.5. The highest BCUT2D eigenvalue weighted by Gasteiger charge is 2.15. The number of nitrogens with zero attached hydrogens (tertiary/aromatic N) is 2. The lowest BCUT2D eigenvalue weighted by Gasteiger charge is -2.14. The van der Waals surface area contributed by atoms with Gasteiger partial charge in [0, 0.05) is 31.7 Å².